The molecule has 0 radical (unpaired) electrons. The Kier molecular flexibility index (Phi) is 8.22. The van der Waals surface area contributed by atoms with Gasteiger partial charge in [-0.15, -0.1) is 0 Å². The van der Waals surface area contributed by atoms with Crippen LogP contribution >= 0.6 is 11.6 Å². The molecule has 1 amide bonds. The van der Waals surface area contributed by atoms with Crippen LogP contribution in [0.2, 0.25) is 5.02 Å². The van der Waals surface area contributed by atoms with Crippen LogP contribution in [0.1, 0.15) is 44.1 Å². The smallest absolute Gasteiger partial charge is 0.243 e. The zero-order chi connectivity index (χ0) is 25.9. The molecule has 2 saturated heterocycles. The van der Waals surface area contributed by atoms with Crippen LogP contribution in [0.25, 0.3) is 0 Å². The van der Waals surface area contributed by atoms with Crippen molar-refractivity contribution in [1.29, 1.82) is 0 Å². The summed E-state index contributed by atoms with van der Waals surface area (Å²) in [5.74, 6) is -1.37. The van der Waals surface area contributed by atoms with Crippen molar-refractivity contribution < 1.29 is 26.7 Å². The monoisotopic (exact) mass is 540 g/mol. The van der Waals surface area contributed by atoms with Crippen molar-refractivity contribution in [1.82, 2.24) is 9.21 Å². The third-order valence-electron chi connectivity index (χ3n) is 7.01. The molecule has 196 valence electrons. The van der Waals surface area contributed by atoms with E-state index in [1.54, 1.807) is 18.2 Å². The van der Waals surface area contributed by atoms with Crippen molar-refractivity contribution >= 4 is 27.5 Å². The number of piperidine rings is 2. The Morgan fingerprint density at radius 3 is 2.39 bits per heavy atom. The molecular weight excluding hydrogens is 510 g/mol. The number of halogens is 3. The lowest BCUT2D eigenvalue weighted by atomic mass is 9.78. The molecule has 0 N–H and O–H groups in total. The summed E-state index contributed by atoms with van der Waals surface area (Å²) in [6, 6.07) is 7.55. The highest BCUT2D eigenvalue weighted by Crippen LogP contribution is 2.38. The van der Waals surface area contributed by atoms with Gasteiger partial charge < -0.3 is 9.64 Å². The normalized spacial score (nSPS) is 21.4. The topological polar surface area (TPSA) is 66.9 Å². The third kappa shape index (κ3) is 6.18. The van der Waals surface area contributed by atoms with E-state index in [0.717, 1.165) is 37.0 Å². The maximum Gasteiger partial charge on any atom is 0.243 e. The Hall–Kier alpha value is -2.23. The Morgan fingerprint density at radius 1 is 1.03 bits per heavy atom. The van der Waals surface area contributed by atoms with E-state index in [1.807, 2.05) is 11.8 Å². The largest absolute Gasteiger partial charge is 0.493 e. The minimum absolute atomic E-state index is 0.0135. The summed E-state index contributed by atoms with van der Waals surface area (Å²) < 4.78 is 61.7. The first-order chi connectivity index (χ1) is 17.1. The molecule has 2 heterocycles. The zero-order valence-corrected chi connectivity index (χ0v) is 21.9. The van der Waals surface area contributed by atoms with Gasteiger partial charge in [-0.05, 0) is 74.9 Å². The van der Waals surface area contributed by atoms with Gasteiger partial charge in [-0.2, -0.15) is 4.31 Å². The van der Waals surface area contributed by atoms with Crippen LogP contribution < -0.4 is 4.74 Å². The lowest BCUT2D eigenvalue weighted by molar-refractivity contribution is -0.136. The standard InChI is InChI=1S/C26H31ClF2N2O4S/c1-19-12-22(6-7-24(19)27)35-18-26(16-25(32)30-9-3-2-4-10-30)8-5-11-31(17-26)36(33,34)23-14-20(28)13-21(29)15-23/h6-7,12-15H,2-5,8-11,16-18H2,1H3/t26-/m0/s1. The van der Waals surface area contributed by atoms with Crippen LogP contribution in [0, 0.1) is 24.0 Å². The number of aryl methyl sites for hydroxylation is 1. The molecule has 2 aliphatic rings. The Bertz CT molecular complexity index is 1200. The van der Waals surface area contributed by atoms with Gasteiger partial charge in [-0.1, -0.05) is 11.6 Å². The summed E-state index contributed by atoms with van der Waals surface area (Å²) in [6.45, 7) is 3.57. The van der Waals surface area contributed by atoms with Crippen LogP contribution in [0.4, 0.5) is 8.78 Å². The van der Waals surface area contributed by atoms with Gasteiger partial charge in [0.25, 0.3) is 0 Å². The Labute approximate surface area is 216 Å². The van der Waals surface area contributed by atoms with Crippen molar-refractivity contribution in [3.63, 3.8) is 0 Å². The minimum Gasteiger partial charge on any atom is -0.493 e. The highest BCUT2D eigenvalue weighted by atomic mass is 35.5. The fourth-order valence-electron chi connectivity index (χ4n) is 5.03. The van der Waals surface area contributed by atoms with Crippen molar-refractivity contribution in [3.05, 3.63) is 58.6 Å². The first-order valence-corrected chi connectivity index (χ1v) is 14.0. The molecule has 0 bridgehead atoms. The van der Waals surface area contributed by atoms with Crippen LogP contribution in [-0.2, 0) is 14.8 Å². The van der Waals surface area contributed by atoms with E-state index in [1.165, 1.54) is 4.31 Å². The fraction of sp³-hybridized carbons (Fsp3) is 0.500. The number of hydrogen-bond acceptors (Lipinski definition) is 4. The molecule has 4 rings (SSSR count). The van der Waals surface area contributed by atoms with Crippen molar-refractivity contribution in [3.8, 4) is 5.75 Å². The van der Waals surface area contributed by atoms with E-state index in [-0.39, 0.29) is 32.0 Å². The number of carbonyl (C=O) groups excluding carboxylic acids is 1. The summed E-state index contributed by atoms with van der Waals surface area (Å²) in [5, 5.41) is 0.606. The molecule has 0 aromatic heterocycles. The van der Waals surface area contributed by atoms with Crippen LogP contribution in [0.3, 0.4) is 0 Å². The van der Waals surface area contributed by atoms with E-state index in [4.69, 9.17) is 16.3 Å². The number of carbonyl (C=O) groups is 1. The van der Waals surface area contributed by atoms with Crippen LogP contribution in [0.5, 0.6) is 5.75 Å². The van der Waals surface area contributed by atoms with E-state index >= 15 is 0 Å². The maximum absolute atomic E-state index is 13.8. The Morgan fingerprint density at radius 2 is 1.72 bits per heavy atom. The number of ether oxygens (including phenoxy) is 1. The summed E-state index contributed by atoms with van der Waals surface area (Å²) in [4.78, 5) is 14.7. The lowest BCUT2D eigenvalue weighted by Crippen LogP contribution is -2.51. The van der Waals surface area contributed by atoms with Gasteiger partial charge in [-0.3, -0.25) is 4.79 Å². The lowest BCUT2D eigenvalue weighted by Gasteiger charge is -2.42. The molecule has 0 spiro atoms. The van der Waals surface area contributed by atoms with Crippen LogP contribution in [0.15, 0.2) is 41.3 Å². The fourth-order valence-corrected chi connectivity index (χ4v) is 6.78. The maximum atomic E-state index is 13.8. The minimum atomic E-state index is -4.18. The average molecular weight is 541 g/mol. The van der Waals surface area contributed by atoms with Crippen molar-refractivity contribution in [2.75, 3.05) is 32.8 Å². The van der Waals surface area contributed by atoms with E-state index in [9.17, 15) is 22.0 Å². The molecule has 6 nitrogen and oxygen atoms in total. The second kappa shape index (κ2) is 11.0. The quantitative estimate of drug-likeness (QED) is 0.485. The molecular formula is C26H31ClF2N2O4S. The molecule has 0 aliphatic carbocycles. The number of rotatable bonds is 7. The molecule has 2 fully saturated rings. The van der Waals surface area contributed by atoms with Gasteiger partial charge in [0.1, 0.15) is 17.4 Å². The molecule has 10 heteroatoms. The molecule has 0 unspecified atom stereocenters. The Balaban J connectivity index is 1.60. The van der Waals surface area contributed by atoms with Crippen molar-refractivity contribution in [2.24, 2.45) is 5.41 Å². The first kappa shape index (κ1) is 26.8. The van der Waals surface area contributed by atoms with Gasteiger partial charge in [0.2, 0.25) is 15.9 Å². The number of nitrogens with zero attached hydrogens (tertiary/aromatic N) is 2. The molecule has 1 atom stereocenters. The second-order valence-electron chi connectivity index (χ2n) is 9.87. The third-order valence-corrected chi connectivity index (χ3v) is 9.26. The number of amides is 1. The van der Waals surface area contributed by atoms with E-state index in [0.29, 0.717) is 42.8 Å². The second-order valence-corrected chi connectivity index (χ2v) is 12.2. The first-order valence-electron chi connectivity index (χ1n) is 12.2. The predicted molar refractivity (Wildman–Crippen MR) is 134 cm³/mol. The van der Waals surface area contributed by atoms with Gasteiger partial charge in [0.15, 0.2) is 0 Å². The molecule has 36 heavy (non-hydrogen) atoms. The number of likely N-dealkylation sites (tertiary alicyclic amines) is 1. The SMILES string of the molecule is Cc1cc(OC[C@]2(CC(=O)N3CCCCC3)CCCN(S(=O)(=O)c3cc(F)cc(F)c3)C2)ccc1Cl. The molecule has 2 aromatic carbocycles. The van der Waals surface area contributed by atoms with E-state index < -0.39 is 32.0 Å². The molecule has 2 aromatic rings. The van der Waals surface area contributed by atoms with Crippen molar-refractivity contribution in [2.45, 2.75) is 50.3 Å². The molecule has 0 saturated carbocycles. The highest BCUT2D eigenvalue weighted by molar-refractivity contribution is 7.89. The zero-order valence-electron chi connectivity index (χ0n) is 20.3. The highest BCUT2D eigenvalue weighted by Gasteiger charge is 2.43. The summed E-state index contributed by atoms with van der Waals surface area (Å²) in [5.41, 5.74) is 0.0489. The predicted octanol–water partition coefficient (Wildman–Crippen LogP) is 5.18. The number of hydrogen-bond donors (Lipinski definition) is 0. The number of benzene rings is 2. The van der Waals surface area contributed by atoms with Gasteiger partial charge in [0, 0.05) is 49.1 Å². The van der Waals surface area contributed by atoms with Gasteiger partial charge >= 0.3 is 0 Å². The molecule has 2 aliphatic heterocycles. The summed E-state index contributed by atoms with van der Waals surface area (Å²) in [6.07, 6.45) is 4.19. The number of sulfonamides is 1. The van der Waals surface area contributed by atoms with Crippen LogP contribution in [-0.4, -0.2) is 56.3 Å². The average Bonchev–Trinajstić information content (AvgIpc) is 2.85. The summed E-state index contributed by atoms with van der Waals surface area (Å²) >= 11 is 6.13. The summed E-state index contributed by atoms with van der Waals surface area (Å²) in [7, 11) is -4.18. The van der Waals surface area contributed by atoms with E-state index in [2.05, 4.69) is 0 Å². The van der Waals surface area contributed by atoms with Gasteiger partial charge in [0.05, 0.1) is 11.5 Å². The van der Waals surface area contributed by atoms with Gasteiger partial charge in [-0.25, -0.2) is 17.2 Å².